The summed E-state index contributed by atoms with van der Waals surface area (Å²) in [5.74, 6) is -1.76. The Hall–Kier alpha value is -2.11. The van der Waals surface area contributed by atoms with E-state index in [4.69, 9.17) is 9.84 Å². The number of nitrogens with one attached hydrogen (secondary N) is 1. The molecule has 1 aromatic carbocycles. The molecule has 0 unspecified atom stereocenters. The van der Waals surface area contributed by atoms with E-state index in [9.17, 15) is 14.0 Å². The van der Waals surface area contributed by atoms with Crippen molar-refractivity contribution in [1.29, 1.82) is 0 Å². The van der Waals surface area contributed by atoms with Crippen LogP contribution in [0.25, 0.3) is 0 Å². The third-order valence-corrected chi connectivity index (χ3v) is 3.59. The van der Waals surface area contributed by atoms with Crippen LogP contribution in [0.3, 0.4) is 0 Å². The molecule has 108 valence electrons. The van der Waals surface area contributed by atoms with Gasteiger partial charge in [-0.15, -0.1) is 0 Å². The number of methoxy groups -OCH3 is 1. The highest BCUT2D eigenvalue weighted by molar-refractivity contribution is 5.97. The van der Waals surface area contributed by atoms with Gasteiger partial charge in [-0.3, -0.25) is 9.59 Å². The Morgan fingerprint density at radius 3 is 2.65 bits per heavy atom. The summed E-state index contributed by atoms with van der Waals surface area (Å²) in [4.78, 5) is 23.1. The molecule has 0 saturated heterocycles. The molecule has 5 nitrogen and oxygen atoms in total. The number of carbonyl (C=O) groups is 2. The number of hydrogen-bond donors (Lipinski definition) is 2. The highest BCUT2D eigenvalue weighted by Gasteiger charge is 2.40. The Labute approximate surface area is 115 Å². The number of rotatable bonds is 5. The van der Waals surface area contributed by atoms with Crippen LogP contribution in [0.4, 0.5) is 4.39 Å². The molecule has 0 aliphatic heterocycles. The molecular weight excluding hydrogens is 265 g/mol. The molecule has 0 heterocycles. The van der Waals surface area contributed by atoms with Gasteiger partial charge < -0.3 is 15.2 Å². The molecule has 0 bridgehead atoms. The van der Waals surface area contributed by atoms with Crippen molar-refractivity contribution in [2.75, 3.05) is 7.11 Å². The third-order valence-electron chi connectivity index (χ3n) is 3.59. The molecule has 2 rings (SSSR count). The number of ether oxygens (including phenoxy) is 1. The van der Waals surface area contributed by atoms with Crippen molar-refractivity contribution in [3.05, 3.63) is 29.6 Å². The summed E-state index contributed by atoms with van der Waals surface area (Å²) in [5, 5.41) is 11.6. The smallest absolute Gasteiger partial charge is 0.305 e. The van der Waals surface area contributed by atoms with Crippen LogP contribution in [-0.2, 0) is 4.79 Å². The minimum Gasteiger partial charge on any atom is -0.496 e. The van der Waals surface area contributed by atoms with Crippen molar-refractivity contribution >= 4 is 11.9 Å². The average molecular weight is 281 g/mol. The van der Waals surface area contributed by atoms with Crippen molar-refractivity contribution in [1.82, 2.24) is 5.32 Å². The lowest BCUT2D eigenvalue weighted by molar-refractivity contribution is -0.139. The first-order valence-corrected chi connectivity index (χ1v) is 6.34. The quantitative estimate of drug-likeness (QED) is 0.865. The van der Waals surface area contributed by atoms with Gasteiger partial charge in [0.15, 0.2) is 0 Å². The number of halogens is 1. The van der Waals surface area contributed by atoms with Crippen LogP contribution in [0, 0.1) is 5.82 Å². The standard InChI is InChI=1S/C14H16FNO4/c1-20-11-4-3-9(15)7-10(11)13(19)16-14(5-2-6-14)8-12(17)18/h3-4,7H,2,5-6,8H2,1H3,(H,16,19)(H,17,18). The number of amides is 1. The van der Waals surface area contributed by atoms with E-state index in [0.29, 0.717) is 12.8 Å². The summed E-state index contributed by atoms with van der Waals surface area (Å²) < 4.78 is 18.3. The van der Waals surface area contributed by atoms with E-state index in [0.717, 1.165) is 12.5 Å². The minimum absolute atomic E-state index is 0.0733. The third kappa shape index (κ3) is 2.89. The molecule has 0 aromatic heterocycles. The van der Waals surface area contributed by atoms with Crippen LogP contribution in [0.2, 0.25) is 0 Å². The van der Waals surface area contributed by atoms with Gasteiger partial charge in [0.05, 0.1) is 24.6 Å². The van der Waals surface area contributed by atoms with Crippen molar-refractivity contribution in [3.8, 4) is 5.75 Å². The lowest BCUT2D eigenvalue weighted by Crippen LogP contribution is -2.54. The molecule has 0 spiro atoms. The van der Waals surface area contributed by atoms with Crippen LogP contribution >= 0.6 is 0 Å². The second kappa shape index (κ2) is 5.48. The van der Waals surface area contributed by atoms with Crippen molar-refractivity contribution < 1.29 is 23.8 Å². The molecule has 2 N–H and O–H groups in total. The maximum Gasteiger partial charge on any atom is 0.305 e. The molecule has 0 atom stereocenters. The predicted molar refractivity (Wildman–Crippen MR) is 69.3 cm³/mol. The molecule has 6 heteroatoms. The van der Waals surface area contributed by atoms with Gasteiger partial charge in [-0.2, -0.15) is 0 Å². The van der Waals surface area contributed by atoms with Gasteiger partial charge >= 0.3 is 5.97 Å². The van der Waals surface area contributed by atoms with Crippen LogP contribution in [-0.4, -0.2) is 29.6 Å². The zero-order valence-corrected chi connectivity index (χ0v) is 11.1. The molecule has 0 radical (unpaired) electrons. The second-order valence-electron chi connectivity index (χ2n) is 5.00. The van der Waals surface area contributed by atoms with Gasteiger partial charge in [0.2, 0.25) is 0 Å². The van der Waals surface area contributed by atoms with Crippen molar-refractivity contribution in [3.63, 3.8) is 0 Å². The number of hydrogen-bond acceptors (Lipinski definition) is 3. The van der Waals surface area contributed by atoms with Gasteiger partial charge in [-0.05, 0) is 37.5 Å². The molecule has 1 fully saturated rings. The molecule has 1 saturated carbocycles. The van der Waals surface area contributed by atoms with Gasteiger partial charge in [0.1, 0.15) is 11.6 Å². The Bertz CT molecular complexity index is 540. The normalized spacial score (nSPS) is 16.1. The molecular formula is C14H16FNO4. The lowest BCUT2D eigenvalue weighted by Gasteiger charge is -2.41. The van der Waals surface area contributed by atoms with Crippen molar-refractivity contribution in [2.24, 2.45) is 0 Å². The maximum absolute atomic E-state index is 13.3. The van der Waals surface area contributed by atoms with E-state index in [1.165, 1.54) is 19.2 Å². The monoisotopic (exact) mass is 281 g/mol. The number of benzene rings is 1. The number of aliphatic carboxylic acids is 1. The molecule has 20 heavy (non-hydrogen) atoms. The van der Waals surface area contributed by atoms with E-state index < -0.39 is 23.2 Å². The SMILES string of the molecule is COc1ccc(F)cc1C(=O)NC1(CC(=O)O)CCC1. The first-order chi connectivity index (χ1) is 9.46. The summed E-state index contributed by atoms with van der Waals surface area (Å²) in [5.41, 5.74) is -0.649. The van der Waals surface area contributed by atoms with Crippen LogP contribution in [0.15, 0.2) is 18.2 Å². The average Bonchev–Trinajstić information content (AvgIpc) is 2.35. The largest absolute Gasteiger partial charge is 0.496 e. The highest BCUT2D eigenvalue weighted by Crippen LogP contribution is 2.35. The van der Waals surface area contributed by atoms with Crippen LogP contribution < -0.4 is 10.1 Å². The van der Waals surface area contributed by atoms with E-state index in [1.54, 1.807) is 0 Å². The van der Waals surface area contributed by atoms with E-state index in [2.05, 4.69) is 5.32 Å². The van der Waals surface area contributed by atoms with Gasteiger partial charge in [0.25, 0.3) is 5.91 Å². The Morgan fingerprint density at radius 1 is 1.45 bits per heavy atom. The topological polar surface area (TPSA) is 75.6 Å². The second-order valence-corrected chi connectivity index (χ2v) is 5.00. The van der Waals surface area contributed by atoms with Crippen LogP contribution in [0.5, 0.6) is 5.75 Å². The number of carbonyl (C=O) groups excluding carboxylic acids is 1. The fraction of sp³-hybridized carbons (Fsp3) is 0.429. The summed E-state index contributed by atoms with van der Waals surface area (Å²) >= 11 is 0. The first-order valence-electron chi connectivity index (χ1n) is 6.34. The van der Waals surface area contributed by atoms with Crippen LogP contribution in [0.1, 0.15) is 36.0 Å². The summed E-state index contributed by atoms with van der Waals surface area (Å²) in [7, 11) is 1.39. The van der Waals surface area contributed by atoms with Gasteiger partial charge in [-0.25, -0.2) is 4.39 Å². The van der Waals surface area contributed by atoms with E-state index in [1.807, 2.05) is 0 Å². The highest BCUT2D eigenvalue weighted by atomic mass is 19.1. The van der Waals surface area contributed by atoms with Gasteiger partial charge in [0, 0.05) is 0 Å². The maximum atomic E-state index is 13.3. The van der Waals surface area contributed by atoms with Gasteiger partial charge in [-0.1, -0.05) is 0 Å². The van der Waals surface area contributed by atoms with Crippen molar-refractivity contribution in [2.45, 2.75) is 31.2 Å². The zero-order valence-electron chi connectivity index (χ0n) is 11.1. The summed E-state index contributed by atoms with van der Waals surface area (Å²) in [6.45, 7) is 0. The zero-order chi connectivity index (χ0) is 14.8. The molecule has 1 aliphatic carbocycles. The summed E-state index contributed by atoms with van der Waals surface area (Å²) in [6, 6.07) is 3.65. The Morgan fingerprint density at radius 2 is 2.15 bits per heavy atom. The number of carboxylic acid groups (broad SMARTS) is 1. The fourth-order valence-corrected chi connectivity index (χ4v) is 2.40. The fourth-order valence-electron chi connectivity index (χ4n) is 2.40. The lowest BCUT2D eigenvalue weighted by atomic mass is 9.74. The molecule has 1 amide bonds. The first kappa shape index (κ1) is 14.3. The molecule has 1 aromatic rings. The molecule has 1 aliphatic rings. The Balaban J connectivity index is 2.19. The number of carboxylic acids is 1. The minimum atomic E-state index is -0.962. The summed E-state index contributed by atoms with van der Waals surface area (Å²) in [6.07, 6.45) is 1.97. The predicted octanol–water partition coefficient (Wildman–Crippen LogP) is 1.96. The van der Waals surface area contributed by atoms with E-state index in [-0.39, 0.29) is 17.7 Å². The Kier molecular flexibility index (Phi) is 3.92. The van der Waals surface area contributed by atoms with E-state index >= 15 is 0 Å².